The first-order chi connectivity index (χ1) is 9.63. The monoisotopic (exact) mass is 277 g/mol. The molecule has 0 amide bonds. The first-order valence-electron chi connectivity index (χ1n) is 7.61. The van der Waals surface area contributed by atoms with E-state index in [4.69, 9.17) is 4.74 Å². The van der Waals surface area contributed by atoms with Crippen LogP contribution in [0.25, 0.3) is 0 Å². The molecule has 0 N–H and O–H groups in total. The zero-order valence-corrected chi connectivity index (χ0v) is 12.6. The maximum Gasteiger partial charge on any atom is 0.119 e. The van der Waals surface area contributed by atoms with Gasteiger partial charge in [0, 0.05) is 0 Å². The minimum absolute atomic E-state index is 0.162. The van der Waals surface area contributed by atoms with Crippen molar-refractivity contribution in [2.24, 2.45) is 0 Å². The number of hydrogen-bond donors (Lipinski definition) is 0. The minimum atomic E-state index is -1.16. The smallest absolute Gasteiger partial charge is 0.119 e. The second kappa shape index (κ2) is 9.40. The van der Waals surface area contributed by atoms with Crippen molar-refractivity contribution in [1.82, 2.24) is 0 Å². The number of benzene rings is 1. The molecule has 1 unspecified atom stereocenters. The Hall–Kier alpha value is -1.51. The fourth-order valence-electron chi connectivity index (χ4n) is 2.17. The van der Waals surface area contributed by atoms with Crippen molar-refractivity contribution in [3.63, 3.8) is 0 Å². The highest BCUT2D eigenvalue weighted by Crippen LogP contribution is 2.16. The normalized spacial score (nSPS) is 12.1. The van der Waals surface area contributed by atoms with Crippen LogP contribution in [0, 0.1) is 0 Å². The summed E-state index contributed by atoms with van der Waals surface area (Å²) in [5, 5.41) is 10.6. The molecule has 0 radical (unpaired) electrons. The second-order valence-electron chi connectivity index (χ2n) is 5.30. The van der Waals surface area contributed by atoms with Gasteiger partial charge >= 0.3 is 0 Å². The third kappa shape index (κ3) is 6.60. The number of aromatic carboxylic acids is 1. The summed E-state index contributed by atoms with van der Waals surface area (Å²) in [5.74, 6) is -0.440. The van der Waals surface area contributed by atoms with Gasteiger partial charge in [-0.25, -0.2) is 0 Å². The molecule has 1 aromatic rings. The van der Waals surface area contributed by atoms with Crippen LogP contribution in [0.1, 0.15) is 69.2 Å². The molecule has 0 saturated carbocycles. The highest BCUT2D eigenvalue weighted by Gasteiger charge is 2.04. The van der Waals surface area contributed by atoms with Gasteiger partial charge in [-0.2, -0.15) is 0 Å². The molecule has 0 aliphatic carbocycles. The summed E-state index contributed by atoms with van der Waals surface area (Å²) in [6.45, 7) is 4.28. The SMILES string of the molecule is CCCCCCCCC(C)Oc1ccc(C(=O)[O-])cc1. The van der Waals surface area contributed by atoms with Gasteiger partial charge < -0.3 is 14.6 Å². The van der Waals surface area contributed by atoms with Crippen molar-refractivity contribution < 1.29 is 14.6 Å². The highest BCUT2D eigenvalue weighted by molar-refractivity contribution is 5.85. The van der Waals surface area contributed by atoms with Gasteiger partial charge in [-0.05, 0) is 49.6 Å². The summed E-state index contributed by atoms with van der Waals surface area (Å²) in [7, 11) is 0. The van der Waals surface area contributed by atoms with Crippen LogP contribution in [0.3, 0.4) is 0 Å². The zero-order valence-electron chi connectivity index (χ0n) is 12.6. The molecule has 1 atom stereocenters. The molecule has 0 aromatic heterocycles. The summed E-state index contributed by atoms with van der Waals surface area (Å²) in [6, 6.07) is 6.40. The van der Waals surface area contributed by atoms with Crippen LogP contribution in [0.5, 0.6) is 5.75 Å². The molecule has 1 aromatic carbocycles. The second-order valence-corrected chi connectivity index (χ2v) is 5.30. The number of carbonyl (C=O) groups excluding carboxylic acids is 1. The molecule has 3 heteroatoms. The van der Waals surface area contributed by atoms with Crippen LogP contribution in [0.15, 0.2) is 24.3 Å². The van der Waals surface area contributed by atoms with Crippen LogP contribution in [-0.4, -0.2) is 12.1 Å². The van der Waals surface area contributed by atoms with Crippen LogP contribution in [0.2, 0.25) is 0 Å². The maximum atomic E-state index is 10.6. The van der Waals surface area contributed by atoms with E-state index in [1.807, 2.05) is 0 Å². The predicted molar refractivity (Wildman–Crippen MR) is 78.9 cm³/mol. The Morgan fingerprint density at radius 3 is 2.30 bits per heavy atom. The first-order valence-corrected chi connectivity index (χ1v) is 7.61. The molecule has 1 rings (SSSR count). The number of rotatable bonds is 10. The number of carboxylic acid groups (broad SMARTS) is 1. The lowest BCUT2D eigenvalue weighted by molar-refractivity contribution is -0.255. The van der Waals surface area contributed by atoms with Gasteiger partial charge in [0.15, 0.2) is 0 Å². The van der Waals surface area contributed by atoms with Crippen LogP contribution in [0.4, 0.5) is 0 Å². The van der Waals surface area contributed by atoms with Crippen LogP contribution in [-0.2, 0) is 0 Å². The van der Waals surface area contributed by atoms with Crippen molar-refractivity contribution >= 4 is 5.97 Å². The van der Waals surface area contributed by atoms with Crippen molar-refractivity contribution in [3.05, 3.63) is 29.8 Å². The minimum Gasteiger partial charge on any atom is -0.545 e. The Kier molecular flexibility index (Phi) is 7.78. The Morgan fingerprint density at radius 1 is 1.10 bits per heavy atom. The fourth-order valence-corrected chi connectivity index (χ4v) is 2.17. The molecule has 0 heterocycles. The average Bonchev–Trinajstić information content (AvgIpc) is 2.43. The van der Waals surface area contributed by atoms with Gasteiger partial charge in [0.1, 0.15) is 5.75 Å². The molecule has 0 spiro atoms. The molecule has 0 saturated heterocycles. The van der Waals surface area contributed by atoms with Crippen LogP contribution >= 0.6 is 0 Å². The molecule has 3 nitrogen and oxygen atoms in total. The van der Waals surface area contributed by atoms with E-state index in [2.05, 4.69) is 13.8 Å². The molecular weight excluding hydrogens is 252 g/mol. The zero-order chi connectivity index (χ0) is 14.8. The number of unbranched alkanes of at least 4 members (excludes halogenated alkanes) is 5. The molecule has 0 aliphatic heterocycles. The third-order valence-electron chi connectivity index (χ3n) is 3.39. The van der Waals surface area contributed by atoms with E-state index >= 15 is 0 Å². The van der Waals surface area contributed by atoms with Gasteiger partial charge in [-0.15, -0.1) is 0 Å². The summed E-state index contributed by atoms with van der Waals surface area (Å²) in [6.07, 6.45) is 8.89. The molecule has 0 fully saturated rings. The molecule has 20 heavy (non-hydrogen) atoms. The summed E-state index contributed by atoms with van der Waals surface area (Å²) in [5.41, 5.74) is 0.181. The van der Waals surface area contributed by atoms with Crippen molar-refractivity contribution in [2.45, 2.75) is 64.9 Å². The van der Waals surface area contributed by atoms with Crippen molar-refractivity contribution in [3.8, 4) is 5.75 Å². The topological polar surface area (TPSA) is 49.4 Å². The lowest BCUT2D eigenvalue weighted by Gasteiger charge is -2.15. The van der Waals surface area contributed by atoms with Gasteiger partial charge in [0.05, 0.1) is 12.1 Å². The highest BCUT2D eigenvalue weighted by atomic mass is 16.5. The van der Waals surface area contributed by atoms with E-state index in [9.17, 15) is 9.90 Å². The first kappa shape index (κ1) is 16.5. The van der Waals surface area contributed by atoms with E-state index in [0.29, 0.717) is 5.75 Å². The Morgan fingerprint density at radius 2 is 1.70 bits per heavy atom. The standard InChI is InChI=1S/C17H26O3/c1-3-4-5-6-7-8-9-14(2)20-16-12-10-15(11-13-16)17(18)19/h10-14H,3-9H2,1-2H3,(H,18,19)/p-1. The van der Waals surface area contributed by atoms with Gasteiger partial charge in [0.2, 0.25) is 0 Å². The molecular formula is C17H25O3-. The Bertz CT molecular complexity index is 384. The lowest BCUT2D eigenvalue weighted by Crippen LogP contribution is -2.22. The quantitative estimate of drug-likeness (QED) is 0.614. The summed E-state index contributed by atoms with van der Waals surface area (Å²) >= 11 is 0. The maximum absolute atomic E-state index is 10.6. The number of hydrogen-bond acceptors (Lipinski definition) is 3. The van der Waals surface area contributed by atoms with E-state index in [-0.39, 0.29) is 11.7 Å². The third-order valence-corrected chi connectivity index (χ3v) is 3.39. The average molecular weight is 277 g/mol. The predicted octanol–water partition coefficient (Wildman–Crippen LogP) is 3.57. The summed E-state index contributed by atoms with van der Waals surface area (Å²) < 4.78 is 5.76. The fraction of sp³-hybridized carbons (Fsp3) is 0.588. The van der Waals surface area contributed by atoms with Gasteiger partial charge in [-0.3, -0.25) is 0 Å². The van der Waals surface area contributed by atoms with E-state index in [1.165, 1.54) is 50.7 Å². The van der Waals surface area contributed by atoms with Gasteiger partial charge in [0.25, 0.3) is 0 Å². The Balaban J connectivity index is 2.21. The van der Waals surface area contributed by atoms with Crippen LogP contribution < -0.4 is 9.84 Å². The number of ether oxygens (including phenoxy) is 1. The molecule has 112 valence electrons. The van der Waals surface area contributed by atoms with E-state index in [1.54, 1.807) is 12.1 Å². The molecule has 0 aliphatic rings. The Labute approximate surface area is 122 Å². The van der Waals surface area contributed by atoms with E-state index in [0.717, 1.165) is 6.42 Å². The van der Waals surface area contributed by atoms with Crippen molar-refractivity contribution in [1.29, 1.82) is 0 Å². The summed E-state index contributed by atoms with van der Waals surface area (Å²) in [4.78, 5) is 10.6. The molecule has 0 bridgehead atoms. The van der Waals surface area contributed by atoms with E-state index < -0.39 is 5.97 Å². The largest absolute Gasteiger partial charge is 0.545 e. The lowest BCUT2D eigenvalue weighted by atomic mass is 10.1. The van der Waals surface area contributed by atoms with Crippen molar-refractivity contribution in [2.75, 3.05) is 0 Å². The van der Waals surface area contributed by atoms with Gasteiger partial charge in [-0.1, -0.05) is 39.0 Å². The number of carbonyl (C=O) groups is 1. The number of carboxylic acids is 1.